The summed E-state index contributed by atoms with van der Waals surface area (Å²) in [4.78, 5) is 14.6. The van der Waals surface area contributed by atoms with Crippen molar-refractivity contribution in [3.05, 3.63) is 29.3 Å². The number of aromatic hydroxyl groups is 1. The monoisotopic (exact) mass is 279 g/mol. The van der Waals surface area contributed by atoms with Gasteiger partial charge in [-0.05, 0) is 50.3 Å². The Morgan fingerprint density at radius 3 is 2.53 bits per heavy atom. The van der Waals surface area contributed by atoms with Gasteiger partial charge in [-0.2, -0.15) is 0 Å². The van der Waals surface area contributed by atoms with Gasteiger partial charge in [-0.15, -0.1) is 11.6 Å². The molecule has 19 heavy (non-hydrogen) atoms. The Morgan fingerprint density at radius 1 is 1.32 bits per heavy atom. The van der Waals surface area contributed by atoms with E-state index >= 15 is 0 Å². The van der Waals surface area contributed by atoms with Crippen molar-refractivity contribution in [2.24, 2.45) is 0 Å². The number of alkyl halides is 1. The predicted octanol–water partition coefficient (Wildman–Crippen LogP) is 3.08. The number of phenolic OH excluding ortho intramolecular Hbond substituents is 1. The molecule has 1 amide bonds. The fraction of sp³-hybridized carbons (Fsp3) is 0.533. The summed E-state index contributed by atoms with van der Waals surface area (Å²) in [7, 11) is 0. The second-order valence-corrected chi connectivity index (χ2v) is 6.30. The standard InChI is InChI=1S/C15H18ClNO2/c1-9-2-5-13(14(18)6-9)15(19)17-11-3-4-12(17)8-10(16)7-11/h2,5-6,10-12,18H,3-4,7-8H2,1H3. The lowest BCUT2D eigenvalue weighted by Crippen LogP contribution is -2.46. The number of benzene rings is 1. The minimum absolute atomic E-state index is 0.0476. The van der Waals surface area contributed by atoms with Gasteiger partial charge in [0.05, 0.1) is 5.56 Å². The normalized spacial score (nSPS) is 29.6. The number of halogens is 1. The van der Waals surface area contributed by atoms with Crippen molar-refractivity contribution < 1.29 is 9.90 Å². The van der Waals surface area contributed by atoms with Gasteiger partial charge in [0, 0.05) is 17.5 Å². The molecule has 3 nitrogen and oxygen atoms in total. The zero-order valence-electron chi connectivity index (χ0n) is 11.0. The minimum atomic E-state index is -0.0476. The molecule has 2 saturated heterocycles. The van der Waals surface area contributed by atoms with Gasteiger partial charge in [0.1, 0.15) is 5.75 Å². The summed E-state index contributed by atoms with van der Waals surface area (Å²) in [5.74, 6) is 0.0333. The predicted molar refractivity (Wildman–Crippen MR) is 74.7 cm³/mol. The maximum Gasteiger partial charge on any atom is 0.258 e. The van der Waals surface area contributed by atoms with Crippen molar-refractivity contribution in [1.82, 2.24) is 4.90 Å². The van der Waals surface area contributed by atoms with Gasteiger partial charge in [0.15, 0.2) is 0 Å². The van der Waals surface area contributed by atoms with Crippen molar-refractivity contribution in [2.75, 3.05) is 0 Å². The van der Waals surface area contributed by atoms with Crippen LogP contribution in [0.15, 0.2) is 18.2 Å². The van der Waals surface area contributed by atoms with Gasteiger partial charge < -0.3 is 10.0 Å². The van der Waals surface area contributed by atoms with Crippen LogP contribution >= 0.6 is 11.6 Å². The number of aryl methyl sites for hydroxylation is 1. The van der Waals surface area contributed by atoms with Crippen molar-refractivity contribution in [2.45, 2.75) is 50.1 Å². The van der Waals surface area contributed by atoms with Crippen LogP contribution in [0, 0.1) is 6.92 Å². The second kappa shape index (κ2) is 4.71. The van der Waals surface area contributed by atoms with E-state index in [1.165, 1.54) is 0 Å². The number of piperidine rings is 1. The van der Waals surface area contributed by atoms with E-state index in [2.05, 4.69) is 0 Å². The number of fused-ring (bicyclic) bond motifs is 2. The van der Waals surface area contributed by atoms with Crippen molar-refractivity contribution in [3.63, 3.8) is 0 Å². The molecule has 2 unspecified atom stereocenters. The fourth-order valence-corrected chi connectivity index (χ4v) is 3.82. The number of phenols is 1. The number of hydrogen-bond acceptors (Lipinski definition) is 2. The molecular weight excluding hydrogens is 262 g/mol. The maximum absolute atomic E-state index is 12.6. The molecule has 0 radical (unpaired) electrons. The topological polar surface area (TPSA) is 40.5 Å². The zero-order valence-corrected chi connectivity index (χ0v) is 11.7. The molecule has 1 aromatic rings. The van der Waals surface area contributed by atoms with E-state index in [1.54, 1.807) is 12.1 Å². The smallest absolute Gasteiger partial charge is 0.258 e. The van der Waals surface area contributed by atoms with E-state index in [0.29, 0.717) is 5.56 Å². The van der Waals surface area contributed by atoms with E-state index in [4.69, 9.17) is 11.6 Å². The van der Waals surface area contributed by atoms with Crippen LogP contribution in [0.2, 0.25) is 0 Å². The zero-order chi connectivity index (χ0) is 13.6. The Bertz CT molecular complexity index is 503. The molecule has 2 aliphatic rings. The molecule has 2 aliphatic heterocycles. The van der Waals surface area contributed by atoms with Gasteiger partial charge in [-0.25, -0.2) is 0 Å². The summed E-state index contributed by atoms with van der Waals surface area (Å²) in [6.45, 7) is 1.90. The lowest BCUT2D eigenvalue weighted by molar-refractivity contribution is 0.0596. The van der Waals surface area contributed by atoms with E-state index < -0.39 is 0 Å². The third-order valence-electron chi connectivity index (χ3n) is 4.29. The Balaban J connectivity index is 1.88. The first-order chi connectivity index (χ1) is 9.06. The third kappa shape index (κ3) is 2.20. The molecule has 0 aliphatic carbocycles. The first kappa shape index (κ1) is 12.8. The molecule has 2 fully saturated rings. The second-order valence-electron chi connectivity index (χ2n) is 5.69. The van der Waals surface area contributed by atoms with Gasteiger partial charge in [0.25, 0.3) is 5.91 Å². The van der Waals surface area contributed by atoms with Crippen LogP contribution in [0.5, 0.6) is 5.75 Å². The molecule has 2 heterocycles. The van der Waals surface area contributed by atoms with Crippen molar-refractivity contribution in [3.8, 4) is 5.75 Å². The minimum Gasteiger partial charge on any atom is -0.507 e. The van der Waals surface area contributed by atoms with Crippen molar-refractivity contribution in [1.29, 1.82) is 0 Å². The Morgan fingerprint density at radius 2 is 1.95 bits per heavy atom. The highest BCUT2D eigenvalue weighted by molar-refractivity contribution is 6.20. The number of nitrogens with zero attached hydrogens (tertiary/aromatic N) is 1. The molecule has 0 spiro atoms. The summed E-state index contributed by atoms with van der Waals surface area (Å²) < 4.78 is 0. The Hall–Kier alpha value is -1.22. The van der Waals surface area contributed by atoms with Gasteiger partial charge in [-0.1, -0.05) is 6.07 Å². The van der Waals surface area contributed by atoms with Gasteiger partial charge in [0.2, 0.25) is 0 Å². The highest BCUT2D eigenvalue weighted by atomic mass is 35.5. The lowest BCUT2D eigenvalue weighted by atomic mass is 10.0. The lowest BCUT2D eigenvalue weighted by Gasteiger charge is -2.37. The van der Waals surface area contributed by atoms with E-state index in [0.717, 1.165) is 31.2 Å². The van der Waals surface area contributed by atoms with Crippen LogP contribution in [0.1, 0.15) is 41.6 Å². The van der Waals surface area contributed by atoms with Gasteiger partial charge >= 0.3 is 0 Å². The molecule has 1 N–H and O–H groups in total. The SMILES string of the molecule is Cc1ccc(C(=O)N2C3CCC2CC(Cl)C3)c(O)c1. The number of rotatable bonds is 1. The number of hydrogen-bond donors (Lipinski definition) is 1. The van der Waals surface area contributed by atoms with E-state index in [9.17, 15) is 9.90 Å². The molecule has 2 atom stereocenters. The maximum atomic E-state index is 12.6. The van der Waals surface area contributed by atoms with Crippen LogP contribution in [0.25, 0.3) is 0 Å². The summed E-state index contributed by atoms with van der Waals surface area (Å²) >= 11 is 6.23. The molecular formula is C15H18ClNO2. The summed E-state index contributed by atoms with van der Waals surface area (Å²) in [5.41, 5.74) is 1.37. The highest BCUT2D eigenvalue weighted by Gasteiger charge is 2.43. The van der Waals surface area contributed by atoms with Gasteiger partial charge in [-0.3, -0.25) is 4.79 Å². The van der Waals surface area contributed by atoms with Crippen LogP contribution in [0.3, 0.4) is 0 Å². The average Bonchev–Trinajstić information content (AvgIpc) is 2.61. The number of carbonyl (C=O) groups excluding carboxylic acids is 1. The van der Waals surface area contributed by atoms with Crippen LogP contribution in [-0.2, 0) is 0 Å². The highest BCUT2D eigenvalue weighted by Crippen LogP contribution is 2.39. The third-order valence-corrected chi connectivity index (χ3v) is 4.65. The fourth-order valence-electron chi connectivity index (χ4n) is 3.40. The van der Waals surface area contributed by atoms with Crippen LogP contribution < -0.4 is 0 Å². The quantitative estimate of drug-likeness (QED) is 0.803. The summed E-state index contributed by atoms with van der Waals surface area (Å²) in [6.07, 6.45) is 3.81. The molecule has 0 saturated carbocycles. The number of carbonyl (C=O) groups is 1. The van der Waals surface area contributed by atoms with Crippen LogP contribution in [0.4, 0.5) is 0 Å². The molecule has 4 heteroatoms. The molecule has 3 rings (SSSR count). The number of amides is 1. The summed E-state index contributed by atoms with van der Waals surface area (Å²) in [6, 6.07) is 5.72. The Labute approximate surface area is 118 Å². The molecule has 0 aromatic heterocycles. The molecule has 102 valence electrons. The summed E-state index contributed by atoms with van der Waals surface area (Å²) in [5, 5.41) is 10.2. The van der Waals surface area contributed by atoms with E-state index in [-0.39, 0.29) is 29.1 Å². The largest absolute Gasteiger partial charge is 0.507 e. The first-order valence-corrected chi connectivity index (χ1v) is 7.26. The Kier molecular flexibility index (Phi) is 3.17. The van der Waals surface area contributed by atoms with Crippen molar-refractivity contribution >= 4 is 17.5 Å². The molecule has 1 aromatic carbocycles. The molecule has 2 bridgehead atoms. The van der Waals surface area contributed by atoms with E-state index in [1.807, 2.05) is 17.9 Å². The first-order valence-electron chi connectivity index (χ1n) is 6.82. The van der Waals surface area contributed by atoms with Crippen LogP contribution in [-0.4, -0.2) is 33.4 Å². The average molecular weight is 280 g/mol.